The molecule has 0 unspecified atom stereocenters. The minimum absolute atomic E-state index is 0. The summed E-state index contributed by atoms with van der Waals surface area (Å²) in [4.78, 5) is 0. The van der Waals surface area contributed by atoms with E-state index in [4.69, 9.17) is 5.73 Å². The highest BCUT2D eigenvalue weighted by atomic mass is 35.5. The number of hydrogen-bond acceptors (Lipinski definition) is 3. The van der Waals surface area contributed by atoms with Crippen LogP contribution in [-0.4, -0.2) is 5.11 Å². The lowest BCUT2D eigenvalue weighted by atomic mass is 10.0. The van der Waals surface area contributed by atoms with Gasteiger partial charge in [0.25, 0.3) is 0 Å². The molecule has 2 nitrogen and oxygen atoms in total. The van der Waals surface area contributed by atoms with Crippen LogP contribution < -0.4 is 5.73 Å². The second-order valence-electron chi connectivity index (χ2n) is 3.09. The molecule has 2 rings (SSSR count). The molecule has 0 radical (unpaired) electrons. The molecule has 3 N–H and O–H groups in total. The van der Waals surface area contributed by atoms with Gasteiger partial charge in [0, 0.05) is 5.56 Å². The third-order valence-corrected chi connectivity index (χ3v) is 2.88. The summed E-state index contributed by atoms with van der Waals surface area (Å²) < 4.78 is 0. The molecular weight excluding hydrogens is 230 g/mol. The average molecular weight is 242 g/mol. The first-order valence-electron chi connectivity index (χ1n) is 4.34. The van der Waals surface area contributed by atoms with Crippen molar-refractivity contribution in [3.63, 3.8) is 0 Å². The largest absolute Gasteiger partial charge is 0.508 e. The first kappa shape index (κ1) is 12.0. The van der Waals surface area contributed by atoms with E-state index in [2.05, 4.69) is 0 Å². The Morgan fingerprint density at radius 2 is 1.93 bits per heavy atom. The topological polar surface area (TPSA) is 46.2 Å². The third kappa shape index (κ3) is 2.50. The summed E-state index contributed by atoms with van der Waals surface area (Å²) >= 11 is 1.61. The van der Waals surface area contributed by atoms with E-state index >= 15 is 0 Å². The lowest BCUT2D eigenvalue weighted by molar-refractivity contribution is 0.465. The van der Waals surface area contributed by atoms with E-state index in [1.54, 1.807) is 23.5 Å². The maximum Gasteiger partial charge on any atom is 0.120 e. The average Bonchev–Trinajstić information content (AvgIpc) is 2.70. The van der Waals surface area contributed by atoms with Gasteiger partial charge in [-0.2, -0.15) is 11.3 Å². The van der Waals surface area contributed by atoms with Crippen molar-refractivity contribution in [1.29, 1.82) is 0 Å². The summed E-state index contributed by atoms with van der Waals surface area (Å²) in [7, 11) is 0. The fourth-order valence-corrected chi connectivity index (χ4v) is 2.08. The van der Waals surface area contributed by atoms with Gasteiger partial charge >= 0.3 is 0 Å². The highest BCUT2D eigenvalue weighted by molar-refractivity contribution is 7.08. The Hall–Kier alpha value is -1.03. The number of thiophene rings is 1. The summed E-state index contributed by atoms with van der Waals surface area (Å²) in [6, 6.07) is 8.91. The molecule has 80 valence electrons. The highest BCUT2D eigenvalue weighted by Gasteiger charge is 2.12. The van der Waals surface area contributed by atoms with Gasteiger partial charge in [-0.15, -0.1) is 12.4 Å². The zero-order chi connectivity index (χ0) is 9.97. The van der Waals surface area contributed by atoms with E-state index in [0.29, 0.717) is 0 Å². The lowest BCUT2D eigenvalue weighted by Gasteiger charge is -2.11. The van der Waals surface area contributed by atoms with Crippen molar-refractivity contribution >= 4 is 23.7 Å². The van der Waals surface area contributed by atoms with Crippen molar-refractivity contribution in [2.24, 2.45) is 5.73 Å². The predicted octanol–water partition coefficient (Wildman–Crippen LogP) is 2.92. The third-order valence-electron chi connectivity index (χ3n) is 2.17. The Kier molecular flexibility index (Phi) is 4.15. The van der Waals surface area contributed by atoms with Crippen molar-refractivity contribution in [1.82, 2.24) is 0 Å². The molecule has 0 saturated heterocycles. The van der Waals surface area contributed by atoms with Crippen LogP contribution in [0.4, 0.5) is 0 Å². The predicted molar refractivity (Wildman–Crippen MR) is 65.7 cm³/mol. The SMILES string of the molecule is Cl.N[C@@H](c1ccsc1)c1ccccc1O. The molecule has 1 aromatic heterocycles. The normalized spacial score (nSPS) is 11.8. The number of halogens is 1. The monoisotopic (exact) mass is 241 g/mol. The van der Waals surface area contributed by atoms with E-state index < -0.39 is 0 Å². The maximum atomic E-state index is 9.60. The van der Waals surface area contributed by atoms with Gasteiger partial charge in [0.05, 0.1) is 6.04 Å². The van der Waals surface area contributed by atoms with Crippen LogP contribution in [0.15, 0.2) is 41.1 Å². The van der Waals surface area contributed by atoms with E-state index in [1.807, 2.05) is 29.0 Å². The van der Waals surface area contributed by atoms with Crippen molar-refractivity contribution in [3.8, 4) is 5.75 Å². The maximum absolute atomic E-state index is 9.60. The summed E-state index contributed by atoms with van der Waals surface area (Å²) in [5, 5.41) is 13.6. The summed E-state index contributed by atoms with van der Waals surface area (Å²) in [5.41, 5.74) is 7.82. The smallest absolute Gasteiger partial charge is 0.120 e. The van der Waals surface area contributed by atoms with Crippen molar-refractivity contribution in [2.45, 2.75) is 6.04 Å². The Balaban J connectivity index is 0.00000112. The number of nitrogens with two attached hydrogens (primary N) is 1. The van der Waals surface area contributed by atoms with Crippen LogP contribution in [-0.2, 0) is 0 Å². The molecule has 0 aliphatic carbocycles. The first-order chi connectivity index (χ1) is 6.79. The fourth-order valence-electron chi connectivity index (χ4n) is 1.38. The number of phenolic OH excluding ortho intramolecular Hbond substituents is 1. The molecule has 1 atom stereocenters. The standard InChI is InChI=1S/C11H11NOS.ClH/c12-11(8-5-6-14-7-8)9-3-1-2-4-10(9)13;/h1-7,11,13H,12H2;1H/t11-;/m0./s1. The zero-order valence-electron chi connectivity index (χ0n) is 7.96. The van der Waals surface area contributed by atoms with Gasteiger partial charge in [0.1, 0.15) is 5.75 Å². The van der Waals surface area contributed by atoms with Gasteiger partial charge in [0.2, 0.25) is 0 Å². The molecule has 0 spiro atoms. The molecule has 4 heteroatoms. The molecule has 15 heavy (non-hydrogen) atoms. The molecule has 0 aliphatic heterocycles. The fraction of sp³-hybridized carbons (Fsp3) is 0.0909. The van der Waals surface area contributed by atoms with E-state index in [0.717, 1.165) is 11.1 Å². The molecular formula is C11H12ClNOS. The molecule has 0 fully saturated rings. The molecule has 1 heterocycles. The molecule has 1 aromatic carbocycles. The van der Waals surface area contributed by atoms with Crippen molar-refractivity contribution < 1.29 is 5.11 Å². The second kappa shape index (κ2) is 5.16. The number of rotatable bonds is 2. The van der Waals surface area contributed by atoms with E-state index in [9.17, 15) is 5.11 Å². The Morgan fingerprint density at radius 3 is 2.53 bits per heavy atom. The Morgan fingerprint density at radius 1 is 1.20 bits per heavy atom. The van der Waals surface area contributed by atoms with Crippen molar-refractivity contribution in [3.05, 3.63) is 52.2 Å². The molecule has 2 aromatic rings. The van der Waals surface area contributed by atoms with Gasteiger partial charge in [-0.25, -0.2) is 0 Å². The van der Waals surface area contributed by atoms with Crippen LogP contribution in [0.2, 0.25) is 0 Å². The van der Waals surface area contributed by atoms with Crippen molar-refractivity contribution in [2.75, 3.05) is 0 Å². The van der Waals surface area contributed by atoms with Gasteiger partial charge < -0.3 is 10.8 Å². The van der Waals surface area contributed by atoms with Crippen LogP contribution in [0, 0.1) is 0 Å². The van der Waals surface area contributed by atoms with Crippen LogP contribution in [0.5, 0.6) is 5.75 Å². The van der Waals surface area contributed by atoms with E-state index in [-0.39, 0.29) is 24.2 Å². The Labute approximate surface area is 98.8 Å². The second-order valence-corrected chi connectivity index (χ2v) is 3.87. The number of phenols is 1. The summed E-state index contributed by atoms with van der Waals surface area (Å²) in [6.07, 6.45) is 0. The molecule has 0 bridgehead atoms. The number of aromatic hydroxyl groups is 1. The molecule has 0 amide bonds. The van der Waals surface area contributed by atoms with Gasteiger partial charge in [-0.05, 0) is 28.5 Å². The van der Waals surface area contributed by atoms with Gasteiger partial charge in [-0.1, -0.05) is 18.2 Å². The summed E-state index contributed by atoms with van der Waals surface area (Å²) in [5.74, 6) is 0.256. The van der Waals surface area contributed by atoms with E-state index in [1.165, 1.54) is 0 Å². The number of para-hydroxylation sites is 1. The van der Waals surface area contributed by atoms with Crippen LogP contribution in [0.3, 0.4) is 0 Å². The Bertz CT molecular complexity index is 416. The first-order valence-corrected chi connectivity index (χ1v) is 5.29. The van der Waals surface area contributed by atoms with Crippen LogP contribution >= 0.6 is 23.7 Å². The van der Waals surface area contributed by atoms with Crippen LogP contribution in [0.1, 0.15) is 17.2 Å². The number of benzene rings is 1. The molecule has 0 saturated carbocycles. The lowest BCUT2D eigenvalue weighted by Crippen LogP contribution is -2.10. The zero-order valence-corrected chi connectivity index (χ0v) is 9.59. The van der Waals surface area contributed by atoms with Crippen LogP contribution in [0.25, 0.3) is 0 Å². The van der Waals surface area contributed by atoms with Gasteiger partial charge in [-0.3, -0.25) is 0 Å². The number of hydrogen-bond donors (Lipinski definition) is 2. The minimum Gasteiger partial charge on any atom is -0.508 e. The quantitative estimate of drug-likeness (QED) is 0.849. The minimum atomic E-state index is -0.234. The van der Waals surface area contributed by atoms with Gasteiger partial charge in [0.15, 0.2) is 0 Å². The summed E-state index contributed by atoms with van der Waals surface area (Å²) in [6.45, 7) is 0. The highest BCUT2D eigenvalue weighted by Crippen LogP contribution is 2.27. The molecule has 0 aliphatic rings.